The highest BCUT2D eigenvalue weighted by atomic mass is 16.5. The number of hydrogen-bond acceptors (Lipinski definition) is 5. The van der Waals surface area contributed by atoms with Crippen molar-refractivity contribution in [3.8, 4) is 11.3 Å². The van der Waals surface area contributed by atoms with Gasteiger partial charge in [0.2, 0.25) is 0 Å². The average Bonchev–Trinajstić information content (AvgIpc) is 3.16. The lowest BCUT2D eigenvalue weighted by atomic mass is 9.99. The number of benzene rings is 1. The van der Waals surface area contributed by atoms with Gasteiger partial charge in [0, 0.05) is 25.1 Å². The molecule has 6 heteroatoms. The Morgan fingerprint density at radius 3 is 2.61 bits per heavy atom. The normalized spacial score (nSPS) is 16.0. The van der Waals surface area contributed by atoms with E-state index in [4.69, 9.17) is 9.15 Å². The Bertz CT molecular complexity index is 804. The SMILES string of the molecule is Cc1ccc(-c2cnc(CCC(=O)OC(C)C(=O)N3CCC(C)CC3)o2)cc1. The number of aryl methyl sites for hydroxylation is 2. The van der Waals surface area contributed by atoms with Crippen molar-refractivity contribution in [3.05, 3.63) is 41.9 Å². The molecule has 1 saturated heterocycles. The van der Waals surface area contributed by atoms with Crippen LogP contribution < -0.4 is 0 Å². The molecule has 0 radical (unpaired) electrons. The number of amides is 1. The van der Waals surface area contributed by atoms with E-state index in [1.54, 1.807) is 18.0 Å². The van der Waals surface area contributed by atoms with Gasteiger partial charge in [-0.3, -0.25) is 9.59 Å². The summed E-state index contributed by atoms with van der Waals surface area (Å²) < 4.78 is 11.0. The van der Waals surface area contributed by atoms with Crippen LogP contribution in [0, 0.1) is 12.8 Å². The lowest BCUT2D eigenvalue weighted by molar-refractivity contribution is -0.159. The van der Waals surface area contributed by atoms with E-state index < -0.39 is 12.1 Å². The molecule has 1 aromatic heterocycles. The van der Waals surface area contributed by atoms with Crippen LogP contribution >= 0.6 is 0 Å². The average molecular weight is 384 g/mol. The second-order valence-electron chi connectivity index (χ2n) is 7.62. The molecule has 1 fully saturated rings. The number of ether oxygens (including phenoxy) is 1. The van der Waals surface area contributed by atoms with E-state index in [1.807, 2.05) is 31.2 Å². The predicted molar refractivity (Wildman–Crippen MR) is 106 cm³/mol. The van der Waals surface area contributed by atoms with E-state index in [2.05, 4.69) is 11.9 Å². The molecule has 1 atom stereocenters. The zero-order valence-electron chi connectivity index (χ0n) is 16.8. The highest BCUT2D eigenvalue weighted by molar-refractivity contribution is 5.83. The third-order valence-corrected chi connectivity index (χ3v) is 5.18. The van der Waals surface area contributed by atoms with Crippen molar-refractivity contribution in [1.82, 2.24) is 9.88 Å². The van der Waals surface area contributed by atoms with Crippen molar-refractivity contribution < 1.29 is 18.7 Å². The van der Waals surface area contributed by atoms with Crippen molar-refractivity contribution in [2.45, 2.75) is 52.6 Å². The molecule has 0 spiro atoms. The maximum Gasteiger partial charge on any atom is 0.307 e. The fourth-order valence-electron chi connectivity index (χ4n) is 3.28. The minimum absolute atomic E-state index is 0.113. The molecule has 3 rings (SSSR count). The van der Waals surface area contributed by atoms with Gasteiger partial charge in [0.25, 0.3) is 5.91 Å². The molecule has 1 amide bonds. The number of likely N-dealkylation sites (tertiary alicyclic amines) is 1. The number of carbonyl (C=O) groups excluding carboxylic acids is 2. The maximum atomic E-state index is 12.4. The Hall–Kier alpha value is -2.63. The summed E-state index contributed by atoms with van der Waals surface area (Å²) >= 11 is 0. The number of hydrogen-bond donors (Lipinski definition) is 0. The molecule has 1 aromatic carbocycles. The molecule has 0 aliphatic carbocycles. The van der Waals surface area contributed by atoms with Gasteiger partial charge in [-0.15, -0.1) is 0 Å². The summed E-state index contributed by atoms with van der Waals surface area (Å²) in [6.07, 6.45) is 3.37. The van der Waals surface area contributed by atoms with Crippen LogP contribution in [0.15, 0.2) is 34.9 Å². The summed E-state index contributed by atoms with van der Waals surface area (Å²) in [5.74, 6) is 1.27. The van der Waals surface area contributed by atoms with Gasteiger partial charge < -0.3 is 14.1 Å². The van der Waals surface area contributed by atoms with Crippen LogP contribution in [-0.4, -0.2) is 41.0 Å². The molecule has 1 unspecified atom stereocenters. The van der Waals surface area contributed by atoms with Gasteiger partial charge in [-0.1, -0.05) is 36.8 Å². The molecule has 0 saturated carbocycles. The fraction of sp³-hybridized carbons (Fsp3) is 0.500. The van der Waals surface area contributed by atoms with Crippen molar-refractivity contribution in [1.29, 1.82) is 0 Å². The third-order valence-electron chi connectivity index (χ3n) is 5.18. The molecule has 6 nitrogen and oxygen atoms in total. The van der Waals surface area contributed by atoms with Crippen LogP contribution in [0.2, 0.25) is 0 Å². The van der Waals surface area contributed by atoms with Crippen LogP contribution in [0.4, 0.5) is 0 Å². The summed E-state index contributed by atoms with van der Waals surface area (Å²) in [6.45, 7) is 7.33. The van der Waals surface area contributed by atoms with Crippen LogP contribution in [0.25, 0.3) is 11.3 Å². The molecular formula is C22H28N2O4. The van der Waals surface area contributed by atoms with Gasteiger partial charge in [0.05, 0.1) is 12.6 Å². The molecule has 0 N–H and O–H groups in total. The number of oxazole rings is 1. The second kappa shape index (κ2) is 9.04. The predicted octanol–water partition coefficient (Wildman–Crippen LogP) is 3.77. The maximum absolute atomic E-state index is 12.4. The Morgan fingerprint density at radius 2 is 1.93 bits per heavy atom. The first-order chi connectivity index (χ1) is 13.4. The van der Waals surface area contributed by atoms with Crippen molar-refractivity contribution >= 4 is 11.9 Å². The molecule has 1 aliphatic heterocycles. The summed E-state index contributed by atoms with van der Waals surface area (Å²) in [4.78, 5) is 30.6. The Balaban J connectivity index is 1.46. The van der Waals surface area contributed by atoms with Crippen molar-refractivity contribution in [3.63, 3.8) is 0 Å². The van der Waals surface area contributed by atoms with Crippen molar-refractivity contribution in [2.75, 3.05) is 13.1 Å². The van der Waals surface area contributed by atoms with E-state index in [-0.39, 0.29) is 12.3 Å². The quantitative estimate of drug-likeness (QED) is 0.709. The molecule has 0 bridgehead atoms. The summed E-state index contributed by atoms with van der Waals surface area (Å²) in [6, 6.07) is 7.97. The molecule has 150 valence electrons. The highest BCUT2D eigenvalue weighted by Crippen LogP contribution is 2.21. The highest BCUT2D eigenvalue weighted by Gasteiger charge is 2.26. The lowest BCUT2D eigenvalue weighted by Crippen LogP contribution is -2.44. The molecule has 1 aliphatic rings. The topological polar surface area (TPSA) is 72.6 Å². The Labute approximate surface area is 165 Å². The Morgan fingerprint density at radius 1 is 1.25 bits per heavy atom. The van der Waals surface area contributed by atoms with Crippen molar-refractivity contribution in [2.24, 2.45) is 5.92 Å². The molecular weight excluding hydrogens is 356 g/mol. The summed E-state index contributed by atoms with van der Waals surface area (Å²) in [7, 11) is 0. The zero-order chi connectivity index (χ0) is 20.1. The van der Waals surface area contributed by atoms with E-state index in [0.717, 1.165) is 31.5 Å². The van der Waals surface area contributed by atoms with E-state index >= 15 is 0 Å². The molecule has 2 aromatic rings. The smallest absolute Gasteiger partial charge is 0.307 e. The third kappa shape index (κ3) is 5.21. The van der Waals surface area contributed by atoms with Crippen LogP contribution in [0.3, 0.4) is 0 Å². The number of carbonyl (C=O) groups is 2. The van der Waals surface area contributed by atoms with E-state index in [0.29, 0.717) is 24.0 Å². The Kier molecular flexibility index (Phi) is 6.49. The van der Waals surface area contributed by atoms with E-state index in [1.165, 1.54) is 5.56 Å². The first-order valence-electron chi connectivity index (χ1n) is 9.92. The monoisotopic (exact) mass is 384 g/mol. The fourth-order valence-corrected chi connectivity index (χ4v) is 3.28. The number of rotatable bonds is 6. The number of nitrogens with zero attached hydrogens (tertiary/aromatic N) is 2. The first kappa shape index (κ1) is 20.1. The van der Waals surface area contributed by atoms with Gasteiger partial charge >= 0.3 is 5.97 Å². The standard InChI is InChI=1S/C22H28N2O4/c1-15-4-6-18(7-5-15)19-14-23-20(28-19)8-9-21(25)27-17(3)22(26)24-12-10-16(2)11-13-24/h4-7,14,16-17H,8-13H2,1-3H3. The lowest BCUT2D eigenvalue weighted by Gasteiger charge is -2.31. The van der Waals surface area contributed by atoms with Gasteiger partial charge in [-0.05, 0) is 32.6 Å². The molecule has 2 heterocycles. The van der Waals surface area contributed by atoms with Gasteiger partial charge in [0.15, 0.2) is 17.8 Å². The van der Waals surface area contributed by atoms with E-state index in [9.17, 15) is 9.59 Å². The van der Waals surface area contributed by atoms with Gasteiger partial charge in [0.1, 0.15) is 0 Å². The summed E-state index contributed by atoms with van der Waals surface area (Å²) in [5.41, 5.74) is 2.12. The van der Waals surface area contributed by atoms with Crippen LogP contribution in [0.5, 0.6) is 0 Å². The molecule has 28 heavy (non-hydrogen) atoms. The van der Waals surface area contributed by atoms with Gasteiger partial charge in [-0.2, -0.15) is 0 Å². The van der Waals surface area contributed by atoms with Gasteiger partial charge in [-0.25, -0.2) is 4.98 Å². The minimum Gasteiger partial charge on any atom is -0.453 e. The largest absolute Gasteiger partial charge is 0.453 e. The summed E-state index contributed by atoms with van der Waals surface area (Å²) in [5, 5.41) is 0. The first-order valence-corrected chi connectivity index (χ1v) is 9.92. The minimum atomic E-state index is -0.756. The number of piperidine rings is 1. The number of esters is 1. The number of aromatic nitrogens is 1. The van der Waals surface area contributed by atoms with Crippen LogP contribution in [-0.2, 0) is 20.7 Å². The second-order valence-corrected chi connectivity index (χ2v) is 7.62. The zero-order valence-corrected chi connectivity index (χ0v) is 16.8. The van der Waals surface area contributed by atoms with Crippen LogP contribution in [0.1, 0.15) is 44.6 Å².